The molecule has 1 heterocycles. The maximum atomic E-state index is 13.1. The predicted octanol–water partition coefficient (Wildman–Crippen LogP) is 2.67. The van der Waals surface area contributed by atoms with Gasteiger partial charge in [0.15, 0.2) is 18.2 Å². The molecule has 0 aromatic rings. The van der Waals surface area contributed by atoms with Gasteiger partial charge < -0.3 is 38.3 Å². The van der Waals surface area contributed by atoms with Crippen molar-refractivity contribution >= 4 is 17.9 Å². The van der Waals surface area contributed by atoms with Crippen LogP contribution in [0.1, 0.15) is 67.7 Å². The summed E-state index contributed by atoms with van der Waals surface area (Å²) >= 11 is 0. The summed E-state index contributed by atoms with van der Waals surface area (Å²) in [5.41, 5.74) is -4.52. The second-order valence-corrected chi connectivity index (χ2v) is 12.6. The van der Waals surface area contributed by atoms with E-state index in [2.05, 4.69) is 0 Å². The lowest BCUT2D eigenvalue weighted by molar-refractivity contribution is -0.370. The van der Waals surface area contributed by atoms with E-state index in [9.17, 15) is 19.5 Å². The fraction of sp³-hybridized carbons (Fsp3) is 0.828. The van der Waals surface area contributed by atoms with Crippen LogP contribution < -0.4 is 0 Å². The summed E-state index contributed by atoms with van der Waals surface area (Å²) in [5, 5.41) is 13.1. The second kappa shape index (κ2) is 10.0. The summed E-state index contributed by atoms with van der Waals surface area (Å²) in [7, 11) is 4.57. The van der Waals surface area contributed by atoms with Gasteiger partial charge in [-0.25, -0.2) is 0 Å². The van der Waals surface area contributed by atoms with Crippen molar-refractivity contribution in [2.45, 2.75) is 109 Å². The van der Waals surface area contributed by atoms with Crippen LogP contribution in [0.5, 0.6) is 0 Å². The van der Waals surface area contributed by atoms with Crippen LogP contribution in [0.15, 0.2) is 11.6 Å². The molecule has 0 aromatic carbocycles. The van der Waals surface area contributed by atoms with Gasteiger partial charge >= 0.3 is 17.9 Å². The molecule has 11 nitrogen and oxygen atoms in total. The summed E-state index contributed by atoms with van der Waals surface area (Å²) in [4.78, 5) is 37.7. The number of carbonyl (C=O) groups is 3. The number of ether oxygens (including phenoxy) is 7. The lowest BCUT2D eigenvalue weighted by atomic mass is 9.38. The number of carbonyl (C=O) groups excluding carboxylic acids is 3. The van der Waals surface area contributed by atoms with Crippen LogP contribution in [0, 0.1) is 22.7 Å². The topological polar surface area (TPSA) is 136 Å². The summed E-state index contributed by atoms with van der Waals surface area (Å²) in [6.07, 6.45) is -1.08. The highest BCUT2D eigenvalue weighted by molar-refractivity contribution is 5.68. The first kappa shape index (κ1) is 30.9. The Bertz CT molecular complexity index is 1090. The van der Waals surface area contributed by atoms with Gasteiger partial charge in [0.05, 0.1) is 5.60 Å². The molecule has 0 amide bonds. The van der Waals surface area contributed by atoms with Gasteiger partial charge in [-0.2, -0.15) is 0 Å². The van der Waals surface area contributed by atoms with E-state index in [1.165, 1.54) is 42.1 Å². The maximum Gasteiger partial charge on any atom is 0.303 e. The fourth-order valence-corrected chi connectivity index (χ4v) is 8.60. The molecule has 3 fully saturated rings. The Morgan fingerprint density at radius 2 is 1.52 bits per heavy atom. The fourth-order valence-electron chi connectivity index (χ4n) is 8.60. The van der Waals surface area contributed by atoms with Crippen molar-refractivity contribution in [1.29, 1.82) is 0 Å². The van der Waals surface area contributed by atoms with Gasteiger partial charge in [0.2, 0.25) is 0 Å². The van der Waals surface area contributed by atoms with Crippen molar-refractivity contribution in [2.75, 3.05) is 21.3 Å². The van der Waals surface area contributed by atoms with E-state index < -0.39 is 82.2 Å². The molecule has 40 heavy (non-hydrogen) atoms. The molecule has 3 aliphatic carbocycles. The first-order valence-corrected chi connectivity index (χ1v) is 13.8. The highest BCUT2D eigenvalue weighted by atomic mass is 16.8. The number of hydrogen-bond acceptors (Lipinski definition) is 11. The van der Waals surface area contributed by atoms with Gasteiger partial charge in [0.25, 0.3) is 0 Å². The molecule has 1 N–H and O–H groups in total. The van der Waals surface area contributed by atoms with Crippen LogP contribution >= 0.6 is 0 Å². The maximum absolute atomic E-state index is 13.1. The minimum Gasteiger partial charge on any atom is -0.462 e. The van der Waals surface area contributed by atoms with Crippen LogP contribution in [0.25, 0.3) is 0 Å². The zero-order chi connectivity index (χ0) is 30.1. The lowest BCUT2D eigenvalue weighted by Gasteiger charge is -2.72. The largest absolute Gasteiger partial charge is 0.462 e. The lowest BCUT2D eigenvalue weighted by Crippen LogP contribution is -2.83. The van der Waals surface area contributed by atoms with Crippen molar-refractivity contribution in [3.63, 3.8) is 0 Å². The average Bonchev–Trinajstić information content (AvgIpc) is 3.26. The summed E-state index contributed by atoms with van der Waals surface area (Å²) in [6, 6.07) is 0. The van der Waals surface area contributed by atoms with Crippen LogP contribution in [-0.2, 0) is 47.5 Å². The number of methoxy groups -OCH3 is 3. The number of hydrogen-bond donors (Lipinski definition) is 1. The highest BCUT2D eigenvalue weighted by Crippen LogP contribution is 2.71. The van der Waals surface area contributed by atoms with Crippen molar-refractivity contribution < 1.29 is 52.6 Å². The molecule has 0 saturated heterocycles. The van der Waals surface area contributed by atoms with Crippen molar-refractivity contribution in [1.82, 2.24) is 0 Å². The van der Waals surface area contributed by atoms with E-state index in [4.69, 9.17) is 33.2 Å². The Labute approximate surface area is 235 Å². The number of aliphatic hydroxyl groups is 1. The van der Waals surface area contributed by atoms with E-state index in [-0.39, 0.29) is 6.42 Å². The Morgan fingerprint density at radius 1 is 0.925 bits per heavy atom. The van der Waals surface area contributed by atoms with Gasteiger partial charge in [-0.3, -0.25) is 14.4 Å². The number of fused-ring (bicyclic) bond motifs is 4. The SMILES string of the molecule is CO[C@@H]1C=C2[C@@](OC)(C[C@H]3[C@@H]([C@@H](OC(C)=O)[C@H](OC(C)=O)[C@@]4(O)C(C)(C)CC[C@H](OC(C)=O)[C@]34C)[C@]2(C)OC)O1. The molecule has 1 aliphatic heterocycles. The summed E-state index contributed by atoms with van der Waals surface area (Å²) < 4.78 is 42.1. The first-order chi connectivity index (χ1) is 18.5. The normalized spacial score (nSPS) is 45.3. The monoisotopic (exact) mass is 568 g/mol. The van der Waals surface area contributed by atoms with Crippen LogP contribution in [0.2, 0.25) is 0 Å². The van der Waals surface area contributed by atoms with E-state index in [1.807, 2.05) is 27.7 Å². The third-order valence-electron chi connectivity index (χ3n) is 10.4. The molecule has 0 bridgehead atoms. The summed E-state index contributed by atoms with van der Waals surface area (Å²) in [5.74, 6) is -4.34. The molecule has 10 atom stereocenters. The van der Waals surface area contributed by atoms with Gasteiger partial charge in [0.1, 0.15) is 17.8 Å². The third kappa shape index (κ3) is 4.06. The molecule has 0 unspecified atom stereocenters. The highest BCUT2D eigenvalue weighted by Gasteiger charge is 2.81. The smallest absolute Gasteiger partial charge is 0.303 e. The van der Waals surface area contributed by atoms with Crippen molar-refractivity contribution in [3.05, 3.63) is 11.6 Å². The van der Waals surface area contributed by atoms with E-state index in [0.29, 0.717) is 18.4 Å². The standard InChI is InChI=1S/C29H44O11/c1-15(30)37-20-11-12-25(4,5)29(33)24(39-17(3)32)23(38-16(2)31)22-18(26(20,29)6)14-28(36-10)19(27(22,7)35-9)13-21(34-8)40-28/h13,18,20-24,33H,11-12,14H2,1-10H3/t18-,20-,21-,22-,23+,24-,26-,27+,28+,29+/m0/s1. The zero-order valence-electron chi connectivity index (χ0n) is 25.2. The average molecular weight is 569 g/mol. The molecular formula is C29H44O11. The summed E-state index contributed by atoms with van der Waals surface area (Å²) in [6.45, 7) is 11.3. The second-order valence-electron chi connectivity index (χ2n) is 12.6. The molecule has 226 valence electrons. The van der Waals surface area contributed by atoms with Gasteiger partial charge in [-0.15, -0.1) is 0 Å². The van der Waals surface area contributed by atoms with Crippen LogP contribution in [-0.4, -0.2) is 85.9 Å². The molecule has 4 rings (SSSR count). The molecular weight excluding hydrogens is 524 g/mol. The minimum atomic E-state index is -1.82. The number of rotatable bonds is 6. The van der Waals surface area contributed by atoms with Crippen molar-refractivity contribution in [2.24, 2.45) is 22.7 Å². The van der Waals surface area contributed by atoms with E-state index >= 15 is 0 Å². The van der Waals surface area contributed by atoms with E-state index in [0.717, 1.165) is 0 Å². The molecule has 3 saturated carbocycles. The Morgan fingerprint density at radius 3 is 2.02 bits per heavy atom. The Hall–Kier alpha value is -2.05. The predicted molar refractivity (Wildman–Crippen MR) is 139 cm³/mol. The molecule has 11 heteroatoms. The van der Waals surface area contributed by atoms with Gasteiger partial charge in [-0.05, 0) is 37.2 Å². The Kier molecular flexibility index (Phi) is 7.76. The van der Waals surface area contributed by atoms with Crippen LogP contribution in [0.4, 0.5) is 0 Å². The molecule has 0 radical (unpaired) electrons. The molecule has 0 spiro atoms. The van der Waals surface area contributed by atoms with Crippen molar-refractivity contribution in [3.8, 4) is 0 Å². The molecule has 0 aromatic heterocycles. The first-order valence-electron chi connectivity index (χ1n) is 13.8. The molecule has 4 aliphatic rings. The third-order valence-corrected chi connectivity index (χ3v) is 10.4. The van der Waals surface area contributed by atoms with Crippen LogP contribution in [0.3, 0.4) is 0 Å². The quantitative estimate of drug-likeness (QED) is 0.288. The zero-order valence-corrected chi connectivity index (χ0v) is 25.2. The number of esters is 3. The Balaban J connectivity index is 2.09. The minimum absolute atomic E-state index is 0.190. The van der Waals surface area contributed by atoms with Gasteiger partial charge in [-0.1, -0.05) is 20.8 Å². The van der Waals surface area contributed by atoms with Gasteiger partial charge in [0, 0.05) is 65.4 Å². The van der Waals surface area contributed by atoms with E-state index in [1.54, 1.807) is 6.08 Å².